The summed E-state index contributed by atoms with van der Waals surface area (Å²) in [5, 5.41) is 10.1. The van der Waals surface area contributed by atoms with Gasteiger partial charge in [-0.05, 0) is 72.9 Å². The number of hydrogen-bond acceptors (Lipinski definition) is 11. The van der Waals surface area contributed by atoms with Gasteiger partial charge in [-0.1, -0.05) is 56.7 Å². The van der Waals surface area contributed by atoms with Crippen molar-refractivity contribution in [2.45, 2.75) is 56.8 Å². The molecule has 0 radical (unpaired) electrons. The minimum atomic E-state index is -4.43. The molecule has 14 nitrogen and oxygen atoms in total. The number of benzene rings is 3. The molecule has 2 heterocycles. The third kappa shape index (κ3) is 14.1. The van der Waals surface area contributed by atoms with Gasteiger partial charge in [-0.3, -0.25) is 9.35 Å². The molecule has 0 aromatic heterocycles. The molecule has 15 heteroatoms. The molecule has 1 aliphatic carbocycles. The zero-order valence-corrected chi connectivity index (χ0v) is 38.7. The van der Waals surface area contributed by atoms with Crippen LogP contribution in [0.15, 0.2) is 93.9 Å². The quantitative estimate of drug-likeness (QED) is 0.0338. The van der Waals surface area contributed by atoms with E-state index in [0.717, 1.165) is 57.4 Å². The van der Waals surface area contributed by atoms with Crippen LogP contribution in [0.25, 0.3) is 28.5 Å². The van der Waals surface area contributed by atoms with Crippen LogP contribution in [0, 0.1) is 6.92 Å². The van der Waals surface area contributed by atoms with E-state index in [1.807, 2.05) is 50.3 Å². The van der Waals surface area contributed by atoms with E-state index >= 15 is 0 Å². The Morgan fingerprint density at radius 2 is 1.42 bits per heavy atom. The summed E-state index contributed by atoms with van der Waals surface area (Å²) in [6, 6.07) is 21.2. The summed E-state index contributed by atoms with van der Waals surface area (Å²) in [5.74, 6) is 0.549. The first-order valence-corrected chi connectivity index (χ1v) is 23.3. The average Bonchev–Trinajstić information content (AvgIpc) is 3.48. The van der Waals surface area contributed by atoms with Crippen LogP contribution >= 0.6 is 0 Å². The van der Waals surface area contributed by atoms with E-state index in [4.69, 9.17) is 37.9 Å². The maximum atomic E-state index is 12.2. The van der Waals surface area contributed by atoms with Gasteiger partial charge in [0.15, 0.2) is 13.1 Å². The molecule has 2 N–H and O–H groups in total. The van der Waals surface area contributed by atoms with Crippen molar-refractivity contribution in [2.24, 2.45) is 0 Å². The van der Waals surface area contributed by atoms with Gasteiger partial charge in [-0.15, -0.1) is 0 Å². The van der Waals surface area contributed by atoms with Crippen LogP contribution in [0.2, 0.25) is 0 Å². The highest BCUT2D eigenvalue weighted by Gasteiger charge is 2.40. The molecule has 0 unspecified atom stereocenters. The standard InChI is InChI=1S/C49H64N2O12S/c1-37-44(15-12-16-46-49(2,3)42-36-40(64(54,55)56)19-21-43(42)51(46)22-11-7-10-17-47(52)53)63-45-35-39(18-20-41(45)48(37)38-13-8-6-9-14-38)50(23-25-59-31-33-61-29-27-57-4)24-26-60-32-34-62-30-28-58-5/h6,8-9,12-16,18-21,35-36H,7,10-11,17,22-34H2,1-5H3,(H-,52,53,54,55,56)/p+1. The molecule has 348 valence electrons. The van der Waals surface area contributed by atoms with Crippen molar-refractivity contribution >= 4 is 27.9 Å². The number of ether oxygens (including phenoxy) is 6. The largest absolute Gasteiger partial charge is 0.481 e. The fourth-order valence-electron chi connectivity index (χ4n) is 7.81. The van der Waals surface area contributed by atoms with Gasteiger partial charge in [0.2, 0.25) is 5.36 Å². The van der Waals surface area contributed by atoms with E-state index in [1.165, 1.54) is 6.07 Å². The number of rotatable bonds is 28. The van der Waals surface area contributed by atoms with Gasteiger partial charge in [0, 0.05) is 61.2 Å². The summed E-state index contributed by atoms with van der Waals surface area (Å²) >= 11 is 0. The SMILES string of the molecule is COCCOCCOCC[N+](CCOCCOCCOC)=c1ccc2c(-c3ccccc3)c(C)c(/C=C/C=C3/N(CCCCCC(=O)O)c4ccc(S(=O)(=O)O)cc4C3(C)C)oc-2c1. The fourth-order valence-corrected chi connectivity index (χ4v) is 8.32. The van der Waals surface area contributed by atoms with E-state index in [2.05, 4.69) is 46.7 Å². The summed E-state index contributed by atoms with van der Waals surface area (Å²) < 4.78 is 76.5. The second-order valence-electron chi connectivity index (χ2n) is 16.0. The first kappa shape index (κ1) is 50.3. The van der Waals surface area contributed by atoms with Crippen LogP contribution in [0.1, 0.15) is 56.4 Å². The van der Waals surface area contributed by atoms with Crippen molar-refractivity contribution in [3.63, 3.8) is 0 Å². The van der Waals surface area contributed by atoms with Crippen molar-refractivity contribution in [1.82, 2.24) is 4.58 Å². The molecule has 2 aliphatic heterocycles. The smallest absolute Gasteiger partial charge is 0.303 e. The molecule has 3 aliphatic rings. The highest BCUT2D eigenvalue weighted by atomic mass is 32.2. The van der Waals surface area contributed by atoms with Gasteiger partial charge in [-0.25, -0.2) is 4.58 Å². The van der Waals surface area contributed by atoms with Crippen molar-refractivity contribution in [2.75, 3.05) is 105 Å². The topological polar surface area (TPSA) is 166 Å². The number of methoxy groups -OCH3 is 2. The Hall–Kier alpha value is -4.71. The second-order valence-corrected chi connectivity index (χ2v) is 17.4. The minimum Gasteiger partial charge on any atom is -0.481 e. The number of unbranched alkanes of at least 4 members (excludes halogenated alkanes) is 2. The number of carbonyl (C=O) groups is 1. The highest BCUT2D eigenvalue weighted by Crippen LogP contribution is 2.48. The van der Waals surface area contributed by atoms with Crippen molar-refractivity contribution in [1.29, 1.82) is 0 Å². The van der Waals surface area contributed by atoms with Gasteiger partial charge in [0.1, 0.15) is 24.7 Å². The van der Waals surface area contributed by atoms with Gasteiger partial charge < -0.3 is 42.8 Å². The normalized spacial score (nSPS) is 14.3. The lowest BCUT2D eigenvalue weighted by atomic mass is 9.83. The molecule has 0 saturated heterocycles. The molecule has 0 saturated carbocycles. The summed E-state index contributed by atoms with van der Waals surface area (Å²) in [7, 11) is -1.14. The van der Waals surface area contributed by atoms with Gasteiger partial charge >= 0.3 is 5.97 Å². The van der Waals surface area contributed by atoms with Crippen molar-refractivity contribution in [3.8, 4) is 22.5 Å². The number of carboxylic acid groups (broad SMARTS) is 1. The lowest BCUT2D eigenvalue weighted by Crippen LogP contribution is -2.36. The Kier molecular flexibility index (Phi) is 19.7. The number of anilines is 1. The lowest BCUT2D eigenvalue weighted by Gasteiger charge is -2.27. The molecule has 0 spiro atoms. The van der Waals surface area contributed by atoms with Crippen LogP contribution < -0.4 is 14.8 Å². The molecule has 5 rings (SSSR count). The molecule has 0 bridgehead atoms. The number of hydrogen-bond donors (Lipinski definition) is 2. The molecular formula is C49H65N2O12S+. The third-order valence-corrected chi connectivity index (χ3v) is 12.0. The summed E-state index contributed by atoms with van der Waals surface area (Å²) in [5.41, 5.74) is 5.93. The van der Waals surface area contributed by atoms with Crippen LogP contribution in [0.3, 0.4) is 0 Å². The van der Waals surface area contributed by atoms with Crippen molar-refractivity contribution in [3.05, 3.63) is 107 Å². The number of aliphatic carboxylic acids is 1. The minimum absolute atomic E-state index is 0.102. The maximum Gasteiger partial charge on any atom is 0.303 e. The first-order chi connectivity index (χ1) is 30.9. The monoisotopic (exact) mass is 905 g/mol. The van der Waals surface area contributed by atoms with E-state index in [1.54, 1.807) is 26.4 Å². The zero-order chi connectivity index (χ0) is 46.0. The second kappa shape index (κ2) is 25.1. The number of fused-ring (bicyclic) bond motifs is 2. The Morgan fingerprint density at radius 1 is 0.797 bits per heavy atom. The maximum absolute atomic E-state index is 12.2. The Morgan fingerprint density at radius 3 is 2.03 bits per heavy atom. The predicted octanol–water partition coefficient (Wildman–Crippen LogP) is 7.08. The summed E-state index contributed by atoms with van der Waals surface area (Å²) in [6.45, 7) is 12.9. The molecule has 0 amide bonds. The number of allylic oxidation sites excluding steroid dienone is 3. The van der Waals surface area contributed by atoms with E-state index in [9.17, 15) is 17.8 Å². The molecule has 64 heavy (non-hydrogen) atoms. The number of nitrogens with zero attached hydrogens (tertiary/aromatic N) is 2. The number of carboxylic acids is 1. The molecule has 0 atom stereocenters. The van der Waals surface area contributed by atoms with Crippen LogP contribution in [0.5, 0.6) is 0 Å². The predicted molar refractivity (Wildman–Crippen MR) is 247 cm³/mol. The van der Waals surface area contributed by atoms with Gasteiger partial charge in [0.25, 0.3) is 10.1 Å². The molecule has 2 aromatic rings. The zero-order valence-electron chi connectivity index (χ0n) is 37.9. The van der Waals surface area contributed by atoms with E-state index in [0.29, 0.717) is 104 Å². The van der Waals surface area contributed by atoms with Crippen LogP contribution in [-0.2, 0) is 48.7 Å². The Labute approximate surface area is 377 Å². The van der Waals surface area contributed by atoms with Gasteiger partial charge in [0.05, 0.1) is 63.8 Å². The Balaban J connectivity index is 1.51. The lowest BCUT2D eigenvalue weighted by molar-refractivity contribution is -0.137. The van der Waals surface area contributed by atoms with E-state index in [-0.39, 0.29) is 11.3 Å². The van der Waals surface area contributed by atoms with Crippen molar-refractivity contribution < 1.29 is 55.7 Å². The van der Waals surface area contributed by atoms with Crippen LogP contribution in [0.4, 0.5) is 5.69 Å². The fraction of sp³-hybridized carbons (Fsp3) is 0.469. The summed E-state index contributed by atoms with van der Waals surface area (Å²) in [4.78, 5) is 13.2. The molecule has 0 fully saturated rings. The van der Waals surface area contributed by atoms with E-state index < -0.39 is 21.5 Å². The Bertz CT molecular complexity index is 2300. The molecule has 2 aromatic carbocycles. The first-order valence-electron chi connectivity index (χ1n) is 21.9. The third-order valence-electron chi connectivity index (χ3n) is 11.2. The van der Waals surface area contributed by atoms with Gasteiger partial charge in [-0.2, -0.15) is 8.42 Å². The average molecular weight is 906 g/mol. The highest BCUT2D eigenvalue weighted by molar-refractivity contribution is 7.85. The van der Waals surface area contributed by atoms with Crippen LogP contribution in [-0.4, -0.2) is 124 Å². The summed E-state index contributed by atoms with van der Waals surface area (Å²) in [6.07, 6.45) is 8.05. The molecular weight excluding hydrogens is 841 g/mol.